The summed E-state index contributed by atoms with van der Waals surface area (Å²) in [4.78, 5) is 25.5. The maximum Gasteiger partial charge on any atom is 0.291 e. The molecule has 0 fully saturated rings. The fourth-order valence-electron chi connectivity index (χ4n) is 3.00. The molecule has 9 heteroatoms. The summed E-state index contributed by atoms with van der Waals surface area (Å²) in [6.07, 6.45) is 1.61. The number of amides is 2. The molecule has 0 saturated carbocycles. The second-order valence-corrected chi connectivity index (χ2v) is 7.95. The SMILES string of the molecule is CCn1cc(NC(=O)c2ccc(COc3ccc(Br)cc3)o2)c(C(=O)Nc2ccccc2)n1. The van der Waals surface area contributed by atoms with Crippen LogP contribution in [-0.2, 0) is 13.2 Å². The van der Waals surface area contributed by atoms with Gasteiger partial charge in [0.1, 0.15) is 18.1 Å². The van der Waals surface area contributed by atoms with Crippen LogP contribution in [0.4, 0.5) is 11.4 Å². The topological polar surface area (TPSA) is 98.4 Å². The van der Waals surface area contributed by atoms with E-state index >= 15 is 0 Å². The molecule has 4 aromatic rings. The van der Waals surface area contributed by atoms with E-state index in [1.165, 1.54) is 0 Å². The van der Waals surface area contributed by atoms with Crippen LogP contribution in [0.25, 0.3) is 0 Å². The predicted octanol–water partition coefficient (Wildman–Crippen LogP) is 5.34. The number of benzene rings is 2. The van der Waals surface area contributed by atoms with Gasteiger partial charge in [-0.05, 0) is 55.5 Å². The van der Waals surface area contributed by atoms with Gasteiger partial charge in [-0.2, -0.15) is 5.10 Å². The molecule has 8 nitrogen and oxygen atoms in total. The summed E-state index contributed by atoms with van der Waals surface area (Å²) in [5.41, 5.74) is 1.03. The first kappa shape index (κ1) is 22.3. The van der Waals surface area contributed by atoms with Crippen molar-refractivity contribution in [2.75, 3.05) is 10.6 Å². The molecular weight excluding hydrogens is 488 g/mol. The van der Waals surface area contributed by atoms with Gasteiger partial charge in [-0.3, -0.25) is 14.3 Å². The normalized spacial score (nSPS) is 10.6. The van der Waals surface area contributed by atoms with Gasteiger partial charge in [0.2, 0.25) is 0 Å². The first-order chi connectivity index (χ1) is 16.0. The minimum absolute atomic E-state index is 0.100. The molecule has 0 saturated heterocycles. The Balaban J connectivity index is 1.43. The van der Waals surface area contributed by atoms with E-state index in [1.54, 1.807) is 35.1 Å². The number of aromatic nitrogens is 2. The van der Waals surface area contributed by atoms with E-state index in [0.717, 1.165) is 4.47 Å². The Bertz CT molecular complexity index is 1250. The second-order valence-electron chi connectivity index (χ2n) is 7.03. The lowest BCUT2D eigenvalue weighted by molar-refractivity contribution is 0.0992. The van der Waals surface area contributed by atoms with Crippen LogP contribution in [0.15, 0.2) is 81.8 Å². The quantitative estimate of drug-likeness (QED) is 0.334. The molecule has 0 aliphatic rings. The van der Waals surface area contributed by atoms with E-state index < -0.39 is 11.8 Å². The van der Waals surface area contributed by atoms with Crippen LogP contribution in [0, 0.1) is 0 Å². The zero-order valence-electron chi connectivity index (χ0n) is 17.7. The summed E-state index contributed by atoms with van der Waals surface area (Å²) in [5.74, 6) is 0.361. The number of rotatable bonds is 8. The van der Waals surface area contributed by atoms with E-state index in [0.29, 0.717) is 29.4 Å². The van der Waals surface area contributed by atoms with Crippen LogP contribution in [0.5, 0.6) is 5.75 Å². The highest BCUT2D eigenvalue weighted by molar-refractivity contribution is 9.10. The van der Waals surface area contributed by atoms with Crippen molar-refractivity contribution in [3.05, 3.63) is 94.6 Å². The molecule has 0 bridgehead atoms. The second kappa shape index (κ2) is 10.2. The van der Waals surface area contributed by atoms with Crippen molar-refractivity contribution in [2.24, 2.45) is 0 Å². The molecule has 2 amide bonds. The lowest BCUT2D eigenvalue weighted by atomic mass is 10.3. The van der Waals surface area contributed by atoms with E-state index in [1.807, 2.05) is 49.4 Å². The van der Waals surface area contributed by atoms with E-state index in [9.17, 15) is 9.59 Å². The van der Waals surface area contributed by atoms with Gasteiger partial charge in [-0.25, -0.2) is 0 Å². The maximum atomic E-state index is 12.8. The Morgan fingerprint density at radius 3 is 2.48 bits per heavy atom. The minimum Gasteiger partial charge on any atom is -0.486 e. The number of hydrogen-bond donors (Lipinski definition) is 2. The summed E-state index contributed by atoms with van der Waals surface area (Å²) in [5, 5.41) is 9.78. The largest absolute Gasteiger partial charge is 0.486 e. The number of hydrogen-bond acceptors (Lipinski definition) is 5. The highest BCUT2D eigenvalue weighted by atomic mass is 79.9. The number of anilines is 2. The molecular formula is C24H21BrN4O4. The Labute approximate surface area is 198 Å². The van der Waals surface area contributed by atoms with Crippen molar-refractivity contribution in [2.45, 2.75) is 20.1 Å². The third-order valence-corrected chi connectivity index (χ3v) is 5.19. The number of furan rings is 1. The Kier molecular flexibility index (Phi) is 6.89. The van der Waals surface area contributed by atoms with Gasteiger partial charge in [0.05, 0.1) is 5.69 Å². The van der Waals surface area contributed by atoms with Crippen LogP contribution >= 0.6 is 15.9 Å². The van der Waals surface area contributed by atoms with Gasteiger partial charge in [0, 0.05) is 22.9 Å². The average Bonchev–Trinajstić information content (AvgIpc) is 3.46. The molecule has 0 aliphatic carbocycles. The summed E-state index contributed by atoms with van der Waals surface area (Å²) in [6, 6.07) is 19.7. The van der Waals surface area contributed by atoms with Crippen LogP contribution in [-0.4, -0.2) is 21.6 Å². The lowest BCUT2D eigenvalue weighted by Gasteiger charge is -2.06. The Morgan fingerprint density at radius 2 is 1.76 bits per heavy atom. The predicted molar refractivity (Wildman–Crippen MR) is 127 cm³/mol. The van der Waals surface area contributed by atoms with Gasteiger partial charge in [-0.15, -0.1) is 0 Å². The van der Waals surface area contributed by atoms with E-state index in [4.69, 9.17) is 9.15 Å². The molecule has 2 N–H and O–H groups in total. The minimum atomic E-state index is -0.491. The first-order valence-corrected chi connectivity index (χ1v) is 11.0. The fraction of sp³-hybridized carbons (Fsp3) is 0.125. The number of ether oxygens (including phenoxy) is 1. The molecule has 33 heavy (non-hydrogen) atoms. The molecule has 0 atom stereocenters. The van der Waals surface area contributed by atoms with Crippen molar-refractivity contribution >= 4 is 39.1 Å². The smallest absolute Gasteiger partial charge is 0.291 e. The maximum absolute atomic E-state index is 12.8. The van der Waals surface area contributed by atoms with Crippen LogP contribution in [0.3, 0.4) is 0 Å². The van der Waals surface area contributed by atoms with Gasteiger partial charge in [0.25, 0.3) is 11.8 Å². The van der Waals surface area contributed by atoms with E-state index in [-0.39, 0.29) is 18.1 Å². The molecule has 4 rings (SSSR count). The number of carbonyl (C=O) groups is 2. The molecule has 0 radical (unpaired) electrons. The third kappa shape index (κ3) is 5.69. The summed E-state index contributed by atoms with van der Waals surface area (Å²) < 4.78 is 13.8. The molecule has 168 valence electrons. The summed E-state index contributed by atoms with van der Waals surface area (Å²) in [6.45, 7) is 2.61. The van der Waals surface area contributed by atoms with Crippen molar-refractivity contribution in [1.82, 2.24) is 9.78 Å². The Morgan fingerprint density at radius 1 is 1.00 bits per heavy atom. The summed E-state index contributed by atoms with van der Waals surface area (Å²) in [7, 11) is 0. The Hall–Kier alpha value is -3.85. The monoisotopic (exact) mass is 508 g/mol. The number of carbonyl (C=O) groups excluding carboxylic acids is 2. The van der Waals surface area contributed by atoms with Crippen LogP contribution in [0.1, 0.15) is 33.7 Å². The van der Waals surface area contributed by atoms with Crippen LogP contribution < -0.4 is 15.4 Å². The van der Waals surface area contributed by atoms with Gasteiger partial charge >= 0.3 is 0 Å². The summed E-state index contributed by atoms with van der Waals surface area (Å²) >= 11 is 3.37. The average molecular weight is 509 g/mol. The zero-order chi connectivity index (χ0) is 23.2. The van der Waals surface area contributed by atoms with Gasteiger partial charge in [0.15, 0.2) is 11.5 Å². The number of halogens is 1. The zero-order valence-corrected chi connectivity index (χ0v) is 19.3. The van der Waals surface area contributed by atoms with Crippen LogP contribution in [0.2, 0.25) is 0 Å². The number of nitrogens with zero attached hydrogens (tertiary/aromatic N) is 2. The molecule has 0 aliphatic heterocycles. The lowest BCUT2D eigenvalue weighted by Crippen LogP contribution is -2.17. The molecule has 2 heterocycles. The first-order valence-electron chi connectivity index (χ1n) is 10.2. The van der Waals surface area contributed by atoms with E-state index in [2.05, 4.69) is 31.7 Å². The molecule has 2 aromatic heterocycles. The fourth-order valence-corrected chi connectivity index (χ4v) is 3.27. The molecule has 0 spiro atoms. The highest BCUT2D eigenvalue weighted by Gasteiger charge is 2.21. The molecule has 2 aromatic carbocycles. The number of aryl methyl sites for hydroxylation is 1. The van der Waals surface area contributed by atoms with Crippen molar-refractivity contribution < 1.29 is 18.7 Å². The van der Waals surface area contributed by atoms with Crippen molar-refractivity contribution in [1.29, 1.82) is 0 Å². The molecule has 0 unspecified atom stereocenters. The van der Waals surface area contributed by atoms with Gasteiger partial charge in [-0.1, -0.05) is 34.1 Å². The highest BCUT2D eigenvalue weighted by Crippen LogP contribution is 2.20. The number of nitrogens with one attached hydrogen (secondary N) is 2. The number of para-hydroxylation sites is 1. The van der Waals surface area contributed by atoms with Crippen molar-refractivity contribution in [3.8, 4) is 5.75 Å². The van der Waals surface area contributed by atoms with Gasteiger partial charge < -0.3 is 19.8 Å². The standard InChI is InChI=1S/C24H21BrN4O4/c1-2-29-14-20(22(28-29)24(31)26-17-6-4-3-5-7-17)27-23(30)21-13-12-19(33-21)15-32-18-10-8-16(25)9-11-18/h3-14H,2,15H2,1H3,(H,26,31)(H,27,30). The van der Waals surface area contributed by atoms with Crippen molar-refractivity contribution in [3.63, 3.8) is 0 Å². The third-order valence-electron chi connectivity index (χ3n) is 4.66.